The molecule has 4 aromatic carbocycles. The largest absolute Gasteiger partial charge is 0.206 e. The Kier molecular flexibility index (Phi) is 2.71. The van der Waals surface area contributed by atoms with Gasteiger partial charge >= 0.3 is 0 Å². The molecular formula is C20H12F. The van der Waals surface area contributed by atoms with Gasteiger partial charge in [-0.25, -0.2) is 4.39 Å². The molecule has 0 aromatic heterocycles. The Balaban J connectivity index is 2.13. The van der Waals surface area contributed by atoms with Crippen molar-refractivity contribution in [2.45, 2.75) is 0 Å². The van der Waals surface area contributed by atoms with Gasteiger partial charge in [0.2, 0.25) is 0 Å². The molecule has 4 rings (SSSR count). The van der Waals surface area contributed by atoms with Crippen molar-refractivity contribution in [2.75, 3.05) is 0 Å². The summed E-state index contributed by atoms with van der Waals surface area (Å²) < 4.78 is 14.0. The quantitative estimate of drug-likeness (QED) is 0.423. The van der Waals surface area contributed by atoms with E-state index in [-0.39, 0.29) is 5.82 Å². The lowest BCUT2D eigenvalue weighted by atomic mass is 9.94. The molecule has 0 amide bonds. The van der Waals surface area contributed by atoms with Gasteiger partial charge in [0.05, 0.1) is 0 Å². The molecule has 0 bridgehead atoms. The Bertz CT molecular complexity index is 949. The van der Waals surface area contributed by atoms with Gasteiger partial charge in [-0.3, -0.25) is 0 Å². The fourth-order valence-electron chi connectivity index (χ4n) is 2.87. The molecule has 0 atom stereocenters. The predicted octanol–water partition coefficient (Wildman–Crippen LogP) is 5.60. The van der Waals surface area contributed by atoms with Crippen LogP contribution in [-0.2, 0) is 0 Å². The van der Waals surface area contributed by atoms with Gasteiger partial charge in [0.1, 0.15) is 5.82 Å². The number of hydrogen-bond donors (Lipinski definition) is 0. The summed E-state index contributed by atoms with van der Waals surface area (Å²) in [6.45, 7) is 0. The third kappa shape index (κ3) is 1.90. The van der Waals surface area contributed by atoms with Crippen LogP contribution in [0.5, 0.6) is 0 Å². The second kappa shape index (κ2) is 4.71. The zero-order valence-electron chi connectivity index (χ0n) is 11.3. The Morgan fingerprint density at radius 2 is 1.33 bits per heavy atom. The van der Waals surface area contributed by atoms with Gasteiger partial charge < -0.3 is 0 Å². The zero-order chi connectivity index (χ0) is 14.2. The van der Waals surface area contributed by atoms with E-state index >= 15 is 0 Å². The van der Waals surface area contributed by atoms with E-state index in [0.717, 1.165) is 21.9 Å². The lowest BCUT2D eigenvalue weighted by molar-refractivity contribution is 0.639. The van der Waals surface area contributed by atoms with Crippen LogP contribution in [0.25, 0.3) is 32.7 Å². The van der Waals surface area contributed by atoms with Crippen molar-refractivity contribution in [1.82, 2.24) is 0 Å². The molecule has 21 heavy (non-hydrogen) atoms. The van der Waals surface area contributed by atoms with Gasteiger partial charge in [-0.05, 0) is 39.4 Å². The minimum Gasteiger partial charge on any atom is -0.206 e. The van der Waals surface area contributed by atoms with Crippen molar-refractivity contribution in [3.05, 3.63) is 84.7 Å². The topological polar surface area (TPSA) is 0 Å². The van der Waals surface area contributed by atoms with E-state index in [1.54, 1.807) is 0 Å². The van der Waals surface area contributed by atoms with E-state index in [4.69, 9.17) is 0 Å². The molecule has 0 aliphatic rings. The Labute approximate surface area is 122 Å². The number of rotatable bonds is 1. The third-order valence-electron chi connectivity index (χ3n) is 3.86. The van der Waals surface area contributed by atoms with Crippen molar-refractivity contribution in [2.24, 2.45) is 0 Å². The van der Waals surface area contributed by atoms with Crippen molar-refractivity contribution < 1.29 is 4.39 Å². The lowest BCUT2D eigenvalue weighted by Crippen LogP contribution is -1.87. The molecule has 0 spiro atoms. The fraction of sp³-hybridized carbons (Fsp3) is 0. The SMILES string of the molecule is Fc1c[c]c(-c2cccc3ccccc23)c2ccccc12. The maximum absolute atomic E-state index is 14.0. The van der Waals surface area contributed by atoms with Crippen LogP contribution in [0, 0.1) is 11.9 Å². The molecule has 0 saturated carbocycles. The number of fused-ring (bicyclic) bond motifs is 2. The first-order valence-corrected chi connectivity index (χ1v) is 6.92. The molecule has 0 aliphatic heterocycles. The maximum Gasteiger partial charge on any atom is 0.131 e. The highest BCUT2D eigenvalue weighted by atomic mass is 19.1. The highest BCUT2D eigenvalue weighted by Gasteiger charge is 2.09. The van der Waals surface area contributed by atoms with Crippen molar-refractivity contribution in [1.29, 1.82) is 0 Å². The average molecular weight is 271 g/mol. The summed E-state index contributed by atoms with van der Waals surface area (Å²) in [5, 5.41) is 3.87. The summed E-state index contributed by atoms with van der Waals surface area (Å²) in [5.41, 5.74) is 2.04. The summed E-state index contributed by atoms with van der Waals surface area (Å²) >= 11 is 0. The average Bonchev–Trinajstić information content (AvgIpc) is 2.55. The molecule has 0 aliphatic carbocycles. The van der Waals surface area contributed by atoms with E-state index in [1.165, 1.54) is 11.5 Å². The molecule has 4 aromatic rings. The van der Waals surface area contributed by atoms with Crippen LogP contribution < -0.4 is 0 Å². The molecule has 0 unspecified atom stereocenters. The van der Waals surface area contributed by atoms with Crippen molar-refractivity contribution in [3.8, 4) is 11.1 Å². The zero-order valence-corrected chi connectivity index (χ0v) is 11.3. The molecule has 1 heteroatoms. The predicted molar refractivity (Wildman–Crippen MR) is 85.7 cm³/mol. The van der Waals surface area contributed by atoms with Crippen LogP contribution >= 0.6 is 0 Å². The Morgan fingerprint density at radius 3 is 2.19 bits per heavy atom. The summed E-state index contributed by atoms with van der Waals surface area (Å²) in [5.74, 6) is -0.227. The van der Waals surface area contributed by atoms with Crippen LogP contribution in [-0.4, -0.2) is 0 Å². The first-order valence-electron chi connectivity index (χ1n) is 6.92. The van der Waals surface area contributed by atoms with Gasteiger partial charge in [-0.1, -0.05) is 66.7 Å². The Morgan fingerprint density at radius 1 is 0.667 bits per heavy atom. The first-order chi connectivity index (χ1) is 10.3. The van der Waals surface area contributed by atoms with Gasteiger partial charge in [0.15, 0.2) is 0 Å². The molecule has 0 nitrogen and oxygen atoms in total. The van der Waals surface area contributed by atoms with E-state index in [9.17, 15) is 4.39 Å². The van der Waals surface area contributed by atoms with E-state index in [2.05, 4.69) is 30.3 Å². The van der Waals surface area contributed by atoms with Gasteiger partial charge in [-0.15, -0.1) is 0 Å². The standard InChI is InChI=1S/C20H12F/c21-20-13-12-18(17-9-3-4-10-19(17)20)16-11-5-7-14-6-1-2-8-15(14)16/h1-11,13H. The van der Waals surface area contributed by atoms with Crippen LogP contribution in [0.15, 0.2) is 72.8 Å². The highest BCUT2D eigenvalue weighted by Crippen LogP contribution is 2.34. The number of benzene rings is 4. The van der Waals surface area contributed by atoms with E-state index < -0.39 is 0 Å². The lowest BCUT2D eigenvalue weighted by Gasteiger charge is -2.10. The molecule has 1 radical (unpaired) electrons. The van der Waals surface area contributed by atoms with E-state index in [1.807, 2.05) is 42.5 Å². The number of hydrogen-bond acceptors (Lipinski definition) is 0. The summed E-state index contributed by atoms with van der Waals surface area (Å²) in [4.78, 5) is 0. The monoisotopic (exact) mass is 271 g/mol. The molecule has 0 N–H and O–H groups in total. The minimum absolute atomic E-state index is 0.227. The van der Waals surface area contributed by atoms with Crippen LogP contribution in [0.3, 0.4) is 0 Å². The van der Waals surface area contributed by atoms with Crippen LogP contribution in [0.1, 0.15) is 0 Å². The summed E-state index contributed by atoms with van der Waals surface area (Å²) in [7, 11) is 0. The number of halogens is 1. The summed E-state index contributed by atoms with van der Waals surface area (Å²) in [6, 6.07) is 26.5. The molecule has 99 valence electrons. The molecule has 0 heterocycles. The normalized spacial score (nSPS) is 11.1. The molecular weight excluding hydrogens is 259 g/mol. The summed E-state index contributed by atoms with van der Waals surface area (Å²) in [6.07, 6.45) is 0. The van der Waals surface area contributed by atoms with Crippen LogP contribution in [0.2, 0.25) is 0 Å². The second-order valence-electron chi connectivity index (χ2n) is 5.08. The third-order valence-corrected chi connectivity index (χ3v) is 3.86. The molecule has 0 saturated heterocycles. The minimum atomic E-state index is -0.227. The first kappa shape index (κ1) is 12.1. The van der Waals surface area contributed by atoms with Crippen molar-refractivity contribution >= 4 is 21.5 Å². The van der Waals surface area contributed by atoms with Gasteiger partial charge in [0, 0.05) is 5.39 Å². The molecule has 0 fully saturated rings. The smallest absolute Gasteiger partial charge is 0.131 e. The van der Waals surface area contributed by atoms with Crippen molar-refractivity contribution in [3.63, 3.8) is 0 Å². The van der Waals surface area contributed by atoms with Gasteiger partial charge in [0.25, 0.3) is 0 Å². The Hall–Kier alpha value is -2.67. The van der Waals surface area contributed by atoms with Gasteiger partial charge in [-0.2, -0.15) is 0 Å². The fourth-order valence-corrected chi connectivity index (χ4v) is 2.87. The highest BCUT2D eigenvalue weighted by molar-refractivity contribution is 6.05. The second-order valence-corrected chi connectivity index (χ2v) is 5.08. The van der Waals surface area contributed by atoms with Crippen LogP contribution in [0.4, 0.5) is 4.39 Å². The maximum atomic E-state index is 14.0. The van der Waals surface area contributed by atoms with E-state index in [0.29, 0.717) is 5.39 Å².